The second-order valence-electron chi connectivity index (χ2n) is 19.5. The van der Waals surface area contributed by atoms with Gasteiger partial charge in [0, 0.05) is 19.3 Å². The zero-order chi connectivity index (χ0) is 50.7. The molecule has 0 radical (unpaired) electrons. The van der Waals surface area contributed by atoms with Crippen LogP contribution in [0.5, 0.6) is 0 Å². The highest BCUT2D eigenvalue weighted by Gasteiger charge is 2.19. The summed E-state index contributed by atoms with van der Waals surface area (Å²) in [5, 5.41) is 0. The molecule has 0 spiro atoms. The fourth-order valence-electron chi connectivity index (χ4n) is 8.27. The molecule has 0 bridgehead atoms. The molecule has 0 rings (SSSR count). The van der Waals surface area contributed by atoms with Crippen LogP contribution in [-0.2, 0) is 28.6 Å². The summed E-state index contributed by atoms with van der Waals surface area (Å²) in [6.07, 6.45) is 75.7. The third-order valence-corrected chi connectivity index (χ3v) is 12.6. The third kappa shape index (κ3) is 55.5. The van der Waals surface area contributed by atoms with Crippen LogP contribution in [0.2, 0.25) is 0 Å². The van der Waals surface area contributed by atoms with Gasteiger partial charge < -0.3 is 14.2 Å². The molecule has 0 aliphatic rings. The quantitative estimate of drug-likeness (QED) is 0.0261. The number of ether oxygens (including phenoxy) is 3. The van der Waals surface area contributed by atoms with Gasteiger partial charge >= 0.3 is 17.9 Å². The highest BCUT2D eigenvalue weighted by atomic mass is 16.6. The topological polar surface area (TPSA) is 78.9 Å². The van der Waals surface area contributed by atoms with Crippen LogP contribution in [0, 0.1) is 0 Å². The molecule has 0 aromatic heterocycles. The molecule has 0 saturated carbocycles. The van der Waals surface area contributed by atoms with Crippen molar-refractivity contribution in [3.63, 3.8) is 0 Å². The molecule has 1 unspecified atom stereocenters. The Morgan fingerprint density at radius 1 is 0.300 bits per heavy atom. The lowest BCUT2D eigenvalue weighted by atomic mass is 10.0. The summed E-state index contributed by atoms with van der Waals surface area (Å²) >= 11 is 0. The first-order chi connectivity index (χ1) is 34.5. The molecular weight excluding hydrogens is 865 g/mol. The molecular formula is C64H110O6. The number of allylic oxidation sites excluding steroid dienone is 14. The van der Waals surface area contributed by atoms with E-state index in [1.54, 1.807) is 0 Å². The van der Waals surface area contributed by atoms with Crippen LogP contribution >= 0.6 is 0 Å². The number of hydrogen-bond donors (Lipinski definition) is 0. The lowest BCUT2D eigenvalue weighted by Gasteiger charge is -2.18. The Morgan fingerprint density at radius 2 is 0.557 bits per heavy atom. The van der Waals surface area contributed by atoms with E-state index >= 15 is 0 Å². The summed E-state index contributed by atoms with van der Waals surface area (Å²) < 4.78 is 16.9. The number of carbonyl (C=O) groups is 3. The van der Waals surface area contributed by atoms with Crippen LogP contribution in [0.1, 0.15) is 284 Å². The van der Waals surface area contributed by atoms with Gasteiger partial charge in [-0.05, 0) is 89.9 Å². The van der Waals surface area contributed by atoms with E-state index in [2.05, 4.69) is 106 Å². The van der Waals surface area contributed by atoms with E-state index < -0.39 is 6.10 Å². The van der Waals surface area contributed by atoms with Crippen molar-refractivity contribution in [1.82, 2.24) is 0 Å². The third-order valence-electron chi connectivity index (χ3n) is 12.6. The Bertz CT molecular complexity index is 1350. The number of esters is 3. The van der Waals surface area contributed by atoms with Gasteiger partial charge in [-0.25, -0.2) is 0 Å². The molecule has 6 nitrogen and oxygen atoms in total. The smallest absolute Gasteiger partial charge is 0.306 e. The van der Waals surface area contributed by atoms with E-state index in [1.165, 1.54) is 128 Å². The fraction of sp³-hybridized carbons (Fsp3) is 0.734. The predicted octanol–water partition coefficient (Wildman–Crippen LogP) is 19.9. The zero-order valence-electron chi connectivity index (χ0n) is 46.0. The predicted molar refractivity (Wildman–Crippen MR) is 302 cm³/mol. The van der Waals surface area contributed by atoms with Crippen molar-refractivity contribution < 1.29 is 28.6 Å². The number of rotatable bonds is 53. The lowest BCUT2D eigenvalue weighted by molar-refractivity contribution is -0.167. The zero-order valence-corrected chi connectivity index (χ0v) is 46.0. The molecule has 0 aromatic rings. The van der Waals surface area contributed by atoms with E-state index in [-0.39, 0.29) is 31.1 Å². The first-order valence-corrected chi connectivity index (χ1v) is 29.6. The van der Waals surface area contributed by atoms with E-state index in [0.717, 1.165) is 116 Å². The van der Waals surface area contributed by atoms with Crippen molar-refractivity contribution in [2.45, 2.75) is 290 Å². The summed E-state index contributed by atoms with van der Waals surface area (Å²) in [6.45, 7) is 6.43. The van der Waals surface area contributed by atoms with E-state index in [0.29, 0.717) is 19.3 Å². The first kappa shape index (κ1) is 66.6. The van der Waals surface area contributed by atoms with Crippen LogP contribution < -0.4 is 0 Å². The Hall–Kier alpha value is -3.41. The van der Waals surface area contributed by atoms with Gasteiger partial charge in [-0.1, -0.05) is 260 Å². The summed E-state index contributed by atoms with van der Waals surface area (Å²) in [5.41, 5.74) is 0. The highest BCUT2D eigenvalue weighted by Crippen LogP contribution is 2.16. The summed E-state index contributed by atoms with van der Waals surface area (Å²) in [7, 11) is 0. The molecule has 0 aliphatic heterocycles. The number of hydrogen-bond acceptors (Lipinski definition) is 6. The number of carbonyl (C=O) groups excluding carboxylic acids is 3. The van der Waals surface area contributed by atoms with Crippen molar-refractivity contribution in [3.8, 4) is 0 Å². The molecule has 6 heteroatoms. The Labute approximate surface area is 433 Å². The Balaban J connectivity index is 4.38. The highest BCUT2D eigenvalue weighted by molar-refractivity contribution is 5.71. The van der Waals surface area contributed by atoms with Gasteiger partial charge in [0.25, 0.3) is 0 Å². The van der Waals surface area contributed by atoms with Crippen molar-refractivity contribution in [3.05, 3.63) is 85.1 Å². The van der Waals surface area contributed by atoms with Crippen LogP contribution in [0.4, 0.5) is 0 Å². The van der Waals surface area contributed by atoms with Crippen molar-refractivity contribution >= 4 is 17.9 Å². The van der Waals surface area contributed by atoms with Gasteiger partial charge in [-0.3, -0.25) is 14.4 Å². The Kier molecular flexibility index (Phi) is 55.3. The lowest BCUT2D eigenvalue weighted by Crippen LogP contribution is -2.30. The van der Waals surface area contributed by atoms with E-state index in [1.807, 2.05) is 0 Å². The van der Waals surface area contributed by atoms with Gasteiger partial charge in [-0.15, -0.1) is 0 Å². The van der Waals surface area contributed by atoms with Crippen molar-refractivity contribution in [1.29, 1.82) is 0 Å². The van der Waals surface area contributed by atoms with Crippen molar-refractivity contribution in [2.24, 2.45) is 0 Å². The van der Waals surface area contributed by atoms with Crippen LogP contribution in [0.25, 0.3) is 0 Å². The molecule has 0 aliphatic carbocycles. The second kappa shape index (κ2) is 58.2. The maximum Gasteiger partial charge on any atom is 0.306 e. The molecule has 402 valence electrons. The van der Waals surface area contributed by atoms with E-state index in [4.69, 9.17) is 14.2 Å². The normalized spacial score (nSPS) is 12.7. The average molecular weight is 976 g/mol. The molecule has 0 aromatic carbocycles. The molecule has 1 atom stereocenters. The summed E-state index contributed by atoms with van der Waals surface area (Å²) in [6, 6.07) is 0. The van der Waals surface area contributed by atoms with Crippen LogP contribution in [0.15, 0.2) is 85.1 Å². The van der Waals surface area contributed by atoms with E-state index in [9.17, 15) is 14.4 Å². The summed E-state index contributed by atoms with van der Waals surface area (Å²) in [4.78, 5) is 38.2. The average Bonchev–Trinajstić information content (AvgIpc) is 3.36. The fourth-order valence-corrected chi connectivity index (χ4v) is 8.27. The van der Waals surface area contributed by atoms with Gasteiger partial charge in [-0.2, -0.15) is 0 Å². The SMILES string of the molecule is CC/C=C\C/C=C\C/C=C\C/C=C\CCCCCCCCCCC(=O)OCC(COC(=O)CCCCCCCCCCCCCCCC)OC(=O)CCCCCCCCC/C=C\C/C=C\C/C=C\CC. The largest absolute Gasteiger partial charge is 0.462 e. The standard InChI is InChI=1S/C64H110O6/c1-4-7-10-13-16-19-22-25-28-30-31-32-33-35-36-39-42-45-48-51-54-57-63(66)69-60-61(59-68-62(65)56-53-50-47-44-41-38-27-24-21-18-15-12-9-6-3)70-64(67)58-55-52-49-46-43-40-37-34-29-26-23-20-17-14-11-8-5-2/h7-8,10-11,16-17,19-20,25-26,28-29,31-32,61H,4-6,9,12-15,18,21-24,27,30,33-60H2,1-3H3/b10-7-,11-8-,19-16-,20-17-,28-25-,29-26-,32-31-. The molecule has 0 N–H and O–H groups in total. The number of unbranched alkanes of at least 4 members (excludes halogenated alkanes) is 28. The molecule has 0 fully saturated rings. The maximum absolute atomic E-state index is 12.9. The van der Waals surface area contributed by atoms with Gasteiger partial charge in [0.2, 0.25) is 0 Å². The minimum atomic E-state index is -0.785. The monoisotopic (exact) mass is 975 g/mol. The molecule has 0 saturated heterocycles. The first-order valence-electron chi connectivity index (χ1n) is 29.6. The maximum atomic E-state index is 12.9. The molecule has 70 heavy (non-hydrogen) atoms. The minimum absolute atomic E-state index is 0.0809. The Morgan fingerprint density at radius 3 is 0.871 bits per heavy atom. The second-order valence-corrected chi connectivity index (χ2v) is 19.5. The van der Waals surface area contributed by atoms with Gasteiger partial charge in [0.1, 0.15) is 13.2 Å². The summed E-state index contributed by atoms with van der Waals surface area (Å²) in [5.74, 6) is -0.890. The molecule has 0 amide bonds. The van der Waals surface area contributed by atoms with Crippen LogP contribution in [-0.4, -0.2) is 37.2 Å². The minimum Gasteiger partial charge on any atom is -0.462 e. The van der Waals surface area contributed by atoms with Crippen LogP contribution in [0.3, 0.4) is 0 Å². The van der Waals surface area contributed by atoms with Gasteiger partial charge in [0.05, 0.1) is 0 Å². The van der Waals surface area contributed by atoms with Gasteiger partial charge in [0.15, 0.2) is 6.10 Å². The van der Waals surface area contributed by atoms with Crippen molar-refractivity contribution in [2.75, 3.05) is 13.2 Å². The molecule has 0 heterocycles.